The van der Waals surface area contributed by atoms with Gasteiger partial charge in [-0.1, -0.05) is 17.1 Å². The Bertz CT molecular complexity index is 387. The number of rotatable bonds is 1. The van der Waals surface area contributed by atoms with Gasteiger partial charge in [0.15, 0.2) is 0 Å². The zero-order valence-electron chi connectivity index (χ0n) is 6.64. The third-order valence-electron chi connectivity index (χ3n) is 1.64. The lowest BCUT2D eigenvalue weighted by atomic mass is 9.88. The molecule has 0 bridgehead atoms. The van der Waals surface area contributed by atoms with Crippen LogP contribution in [0.25, 0.3) is 0 Å². The van der Waals surface area contributed by atoms with Gasteiger partial charge in [0, 0.05) is 0 Å². The Morgan fingerprint density at radius 2 is 2.31 bits per heavy atom. The Balaban J connectivity index is 3.36. The smallest absolute Gasteiger partial charge is 0.129 e. The summed E-state index contributed by atoms with van der Waals surface area (Å²) in [5.41, 5.74) is 5.57. The van der Waals surface area contributed by atoms with Crippen molar-refractivity contribution in [1.82, 2.24) is 0 Å². The molecule has 0 spiro atoms. The molecule has 64 valence electrons. The maximum absolute atomic E-state index is 13.1. The first-order chi connectivity index (χ1) is 6.07. The first kappa shape index (κ1) is 9.88. The van der Waals surface area contributed by atoms with E-state index in [0.29, 0.717) is 0 Å². The second-order valence-electron chi connectivity index (χ2n) is 2.49. The molecule has 0 atom stereocenters. The van der Waals surface area contributed by atoms with Gasteiger partial charge >= 0.3 is 0 Å². The number of nitriles is 1. The van der Waals surface area contributed by atoms with E-state index < -0.39 is 5.82 Å². The number of anilines is 1. The number of hydrogen-bond donors (Lipinski definition) is 1. The minimum atomic E-state index is -0.596. The van der Waals surface area contributed by atoms with Crippen molar-refractivity contribution in [3.8, 4) is 6.07 Å². The lowest BCUT2D eigenvalue weighted by molar-refractivity contribution is 0.617. The number of benzene rings is 1. The molecule has 1 rings (SSSR count). The molecule has 0 aromatic heterocycles. The van der Waals surface area contributed by atoms with Crippen LogP contribution in [0.15, 0.2) is 6.07 Å². The van der Waals surface area contributed by atoms with E-state index in [1.165, 1.54) is 0 Å². The Hall–Kier alpha value is -1.21. The van der Waals surface area contributed by atoms with Crippen LogP contribution in [0.1, 0.15) is 5.56 Å². The average Bonchev–Trinajstić information content (AvgIpc) is 2.09. The molecule has 13 heavy (non-hydrogen) atoms. The van der Waals surface area contributed by atoms with Gasteiger partial charge in [-0.05, 0) is 11.6 Å². The lowest BCUT2D eigenvalue weighted by Gasteiger charge is -2.08. The summed E-state index contributed by atoms with van der Waals surface area (Å²) in [6.45, 7) is 0. The number of halogens is 2. The van der Waals surface area contributed by atoms with Gasteiger partial charge in [0.05, 0.1) is 23.2 Å². The van der Waals surface area contributed by atoms with Crippen LogP contribution in [0.5, 0.6) is 0 Å². The lowest BCUT2D eigenvalue weighted by Crippen LogP contribution is -2.16. The van der Waals surface area contributed by atoms with Gasteiger partial charge in [-0.2, -0.15) is 5.26 Å². The van der Waals surface area contributed by atoms with Gasteiger partial charge in [0.2, 0.25) is 0 Å². The molecule has 0 aliphatic carbocycles. The molecule has 0 aliphatic rings. The third-order valence-corrected chi connectivity index (χ3v) is 2.06. The fourth-order valence-corrected chi connectivity index (χ4v) is 1.13. The van der Waals surface area contributed by atoms with E-state index in [0.717, 1.165) is 6.07 Å². The van der Waals surface area contributed by atoms with Gasteiger partial charge in [0.25, 0.3) is 0 Å². The van der Waals surface area contributed by atoms with Crippen LogP contribution in [0.4, 0.5) is 10.1 Å². The summed E-state index contributed by atoms with van der Waals surface area (Å²) < 4.78 is 13.1. The number of nitrogens with two attached hydrogens (primary N) is 1. The second-order valence-corrected chi connectivity index (χ2v) is 2.87. The van der Waals surface area contributed by atoms with Crippen LogP contribution in [0.2, 0.25) is 5.02 Å². The molecule has 0 amide bonds. The summed E-state index contributed by atoms with van der Waals surface area (Å²) in [6.07, 6.45) is -0.113. The number of nitrogen functional groups attached to an aromatic ring is 1. The second kappa shape index (κ2) is 3.67. The van der Waals surface area contributed by atoms with Crippen molar-refractivity contribution in [3.05, 3.63) is 22.5 Å². The highest BCUT2D eigenvalue weighted by atomic mass is 35.5. The van der Waals surface area contributed by atoms with Crippen LogP contribution >= 0.6 is 11.6 Å². The van der Waals surface area contributed by atoms with Gasteiger partial charge in [-0.15, -0.1) is 0 Å². The molecule has 0 fully saturated rings. The molecule has 0 unspecified atom stereocenters. The zero-order chi connectivity index (χ0) is 10.0. The highest BCUT2D eigenvalue weighted by Gasteiger charge is 2.11. The van der Waals surface area contributed by atoms with Crippen molar-refractivity contribution >= 4 is 30.6 Å². The highest BCUT2D eigenvalue weighted by molar-refractivity contribution is 6.47. The third kappa shape index (κ3) is 1.76. The molecule has 1 aromatic rings. The predicted molar refractivity (Wildman–Crippen MR) is 50.5 cm³/mol. The van der Waals surface area contributed by atoms with Gasteiger partial charge in [0.1, 0.15) is 13.7 Å². The maximum atomic E-state index is 13.1. The molecule has 0 saturated heterocycles. The van der Waals surface area contributed by atoms with Gasteiger partial charge in [-0.3, -0.25) is 0 Å². The largest absolute Gasteiger partial charge is 0.397 e. The summed E-state index contributed by atoms with van der Waals surface area (Å²) in [7, 11) is 5.47. The van der Waals surface area contributed by atoms with E-state index in [2.05, 4.69) is 0 Å². The Morgan fingerprint density at radius 3 is 2.85 bits per heavy atom. The van der Waals surface area contributed by atoms with Crippen LogP contribution < -0.4 is 11.2 Å². The summed E-state index contributed by atoms with van der Waals surface area (Å²) in [5.74, 6) is -0.596. The Labute approximate surface area is 81.5 Å². The van der Waals surface area contributed by atoms with E-state index in [-0.39, 0.29) is 28.2 Å². The highest BCUT2D eigenvalue weighted by Crippen LogP contribution is 2.19. The van der Waals surface area contributed by atoms with Crippen molar-refractivity contribution in [2.75, 3.05) is 5.73 Å². The minimum Gasteiger partial charge on any atom is -0.397 e. The quantitative estimate of drug-likeness (QED) is 0.534. The van der Waals surface area contributed by atoms with Crippen LogP contribution in [-0.4, -0.2) is 7.85 Å². The summed E-state index contributed by atoms with van der Waals surface area (Å²) in [4.78, 5) is 0. The minimum absolute atomic E-state index is 0.0423. The molecule has 5 heteroatoms. The van der Waals surface area contributed by atoms with Crippen LogP contribution in [-0.2, 0) is 6.42 Å². The average molecular weight is 194 g/mol. The van der Waals surface area contributed by atoms with E-state index in [4.69, 9.17) is 30.4 Å². The van der Waals surface area contributed by atoms with E-state index in [9.17, 15) is 4.39 Å². The first-order valence-electron chi connectivity index (χ1n) is 3.46. The molecule has 2 radical (unpaired) electrons. The SMILES string of the molecule is [B]c1c(Cl)c(N)cc(F)c1CC#N. The molecular formula is C8H5BClFN2. The standard InChI is InChI=1S/C8H5BClFN2/c9-7-4(1-2-12)5(11)3-6(13)8(7)10/h3H,1,13H2. The van der Waals surface area contributed by atoms with Gasteiger partial charge < -0.3 is 5.73 Å². The van der Waals surface area contributed by atoms with E-state index in [1.807, 2.05) is 0 Å². The summed E-state index contributed by atoms with van der Waals surface area (Å²) in [5, 5.41) is 8.49. The fourth-order valence-electron chi connectivity index (χ4n) is 0.962. The van der Waals surface area contributed by atoms with Crippen molar-refractivity contribution < 1.29 is 4.39 Å². The normalized spacial score (nSPS) is 9.62. The fraction of sp³-hybridized carbons (Fsp3) is 0.125. The van der Waals surface area contributed by atoms with Crippen LogP contribution in [0, 0.1) is 17.1 Å². The van der Waals surface area contributed by atoms with Crippen molar-refractivity contribution in [2.45, 2.75) is 6.42 Å². The molecule has 2 N–H and O–H groups in total. The van der Waals surface area contributed by atoms with E-state index >= 15 is 0 Å². The van der Waals surface area contributed by atoms with Crippen molar-refractivity contribution in [1.29, 1.82) is 5.26 Å². The monoisotopic (exact) mass is 194 g/mol. The number of nitrogens with zero attached hydrogens (tertiary/aromatic N) is 1. The van der Waals surface area contributed by atoms with Gasteiger partial charge in [-0.25, -0.2) is 4.39 Å². The zero-order valence-corrected chi connectivity index (χ0v) is 7.40. The topological polar surface area (TPSA) is 49.8 Å². The Kier molecular flexibility index (Phi) is 2.79. The summed E-state index contributed by atoms with van der Waals surface area (Å²) in [6, 6.07) is 2.85. The number of hydrogen-bond acceptors (Lipinski definition) is 2. The maximum Gasteiger partial charge on any atom is 0.129 e. The molecule has 1 aromatic carbocycles. The van der Waals surface area contributed by atoms with Crippen LogP contribution in [0.3, 0.4) is 0 Å². The molecule has 0 heterocycles. The molecule has 2 nitrogen and oxygen atoms in total. The molecular weight excluding hydrogens is 189 g/mol. The first-order valence-corrected chi connectivity index (χ1v) is 3.84. The summed E-state index contributed by atoms with van der Waals surface area (Å²) >= 11 is 5.66. The predicted octanol–water partition coefficient (Wildman–Crippen LogP) is 0.921. The van der Waals surface area contributed by atoms with E-state index in [1.54, 1.807) is 6.07 Å². The van der Waals surface area contributed by atoms with Crippen molar-refractivity contribution in [2.24, 2.45) is 0 Å². The molecule has 0 saturated carbocycles. The van der Waals surface area contributed by atoms with Crippen molar-refractivity contribution in [3.63, 3.8) is 0 Å². The Morgan fingerprint density at radius 1 is 1.69 bits per heavy atom. The molecule has 0 aliphatic heterocycles.